The molecule has 1 N–H and O–H groups in total. The quantitative estimate of drug-likeness (QED) is 0.836. The Morgan fingerprint density at radius 1 is 1.29 bits per heavy atom. The van der Waals surface area contributed by atoms with Crippen molar-refractivity contribution >= 4 is 5.91 Å². The van der Waals surface area contributed by atoms with Gasteiger partial charge in [-0.15, -0.1) is 0 Å². The number of hydrogen-bond donors (Lipinski definition) is 1. The number of methoxy groups -OCH3 is 1. The third-order valence-corrected chi connectivity index (χ3v) is 5.69. The van der Waals surface area contributed by atoms with Crippen molar-refractivity contribution < 1.29 is 9.53 Å². The van der Waals surface area contributed by atoms with Crippen LogP contribution in [0, 0.1) is 11.3 Å². The third kappa shape index (κ3) is 3.81. The Kier molecular flexibility index (Phi) is 5.57. The number of benzene rings is 1. The van der Waals surface area contributed by atoms with Crippen molar-refractivity contribution in [2.24, 2.45) is 11.3 Å². The smallest absolute Gasteiger partial charge is 0.231 e. The molecular weight excluding hydrogens is 300 g/mol. The molecular formula is C20H30N2O2. The molecule has 4 heteroatoms. The fourth-order valence-corrected chi connectivity index (χ4v) is 3.92. The molecule has 1 heterocycles. The van der Waals surface area contributed by atoms with Crippen LogP contribution in [0.15, 0.2) is 30.3 Å². The molecule has 3 rings (SSSR count). The van der Waals surface area contributed by atoms with E-state index >= 15 is 0 Å². The standard InChI is InChI=1S/C20H30N2O2/c1-16(18-8-9-18)22(14-17-6-4-3-5-7-17)19(23)20(15-24-2)10-12-21-13-11-20/h3-7,16,18,21H,8-15H2,1-2H3. The summed E-state index contributed by atoms with van der Waals surface area (Å²) < 4.78 is 5.49. The Labute approximate surface area is 145 Å². The summed E-state index contributed by atoms with van der Waals surface area (Å²) >= 11 is 0. The number of amides is 1. The first kappa shape index (κ1) is 17.4. The molecule has 1 unspecified atom stereocenters. The molecule has 1 saturated carbocycles. The average Bonchev–Trinajstić information content (AvgIpc) is 3.46. The Hall–Kier alpha value is -1.39. The van der Waals surface area contributed by atoms with Gasteiger partial charge >= 0.3 is 0 Å². The molecule has 4 nitrogen and oxygen atoms in total. The van der Waals surface area contributed by atoms with Crippen LogP contribution >= 0.6 is 0 Å². The van der Waals surface area contributed by atoms with Gasteiger partial charge in [0.15, 0.2) is 0 Å². The van der Waals surface area contributed by atoms with E-state index in [9.17, 15) is 4.79 Å². The van der Waals surface area contributed by atoms with Gasteiger partial charge in [0.2, 0.25) is 5.91 Å². The lowest BCUT2D eigenvalue weighted by atomic mass is 9.77. The second-order valence-electron chi connectivity index (χ2n) is 7.46. The predicted molar refractivity (Wildman–Crippen MR) is 95.6 cm³/mol. The zero-order chi connectivity index (χ0) is 17.0. The summed E-state index contributed by atoms with van der Waals surface area (Å²) in [6.45, 7) is 5.24. The van der Waals surface area contributed by atoms with Crippen molar-refractivity contribution in [2.75, 3.05) is 26.8 Å². The van der Waals surface area contributed by atoms with Gasteiger partial charge in [0.05, 0.1) is 12.0 Å². The van der Waals surface area contributed by atoms with Crippen LogP contribution in [0.3, 0.4) is 0 Å². The Bertz CT molecular complexity index is 530. The Morgan fingerprint density at radius 3 is 2.54 bits per heavy atom. The number of nitrogens with one attached hydrogen (secondary N) is 1. The fourth-order valence-electron chi connectivity index (χ4n) is 3.92. The molecule has 1 saturated heterocycles. The van der Waals surface area contributed by atoms with E-state index in [4.69, 9.17) is 4.74 Å². The topological polar surface area (TPSA) is 41.6 Å². The van der Waals surface area contributed by atoms with E-state index in [0.29, 0.717) is 25.1 Å². The summed E-state index contributed by atoms with van der Waals surface area (Å²) in [6.07, 6.45) is 4.22. The van der Waals surface area contributed by atoms with Crippen molar-refractivity contribution in [3.05, 3.63) is 35.9 Å². The van der Waals surface area contributed by atoms with Gasteiger partial charge < -0.3 is 15.0 Å². The predicted octanol–water partition coefficient (Wildman–Crippen LogP) is 2.83. The molecule has 2 fully saturated rings. The number of carbonyl (C=O) groups excluding carboxylic acids is 1. The number of rotatable bonds is 7. The Balaban J connectivity index is 1.83. The van der Waals surface area contributed by atoms with Crippen molar-refractivity contribution in [3.63, 3.8) is 0 Å². The second kappa shape index (κ2) is 7.66. The zero-order valence-electron chi connectivity index (χ0n) is 15.0. The zero-order valence-corrected chi connectivity index (χ0v) is 15.0. The molecule has 0 bridgehead atoms. The highest BCUT2D eigenvalue weighted by atomic mass is 16.5. The van der Waals surface area contributed by atoms with E-state index in [0.717, 1.165) is 25.9 Å². The van der Waals surface area contributed by atoms with Gasteiger partial charge in [-0.1, -0.05) is 30.3 Å². The molecule has 1 aromatic carbocycles. The maximum Gasteiger partial charge on any atom is 0.231 e. The van der Waals surface area contributed by atoms with E-state index < -0.39 is 0 Å². The van der Waals surface area contributed by atoms with Crippen LogP contribution < -0.4 is 5.32 Å². The first-order chi connectivity index (χ1) is 11.7. The van der Waals surface area contributed by atoms with Crippen LogP contribution in [0.1, 0.15) is 38.2 Å². The van der Waals surface area contributed by atoms with Crippen molar-refractivity contribution in [1.29, 1.82) is 0 Å². The summed E-state index contributed by atoms with van der Waals surface area (Å²) in [4.78, 5) is 15.7. The summed E-state index contributed by atoms with van der Waals surface area (Å²) in [7, 11) is 1.71. The normalized spacial score (nSPS) is 21.2. The maximum absolute atomic E-state index is 13.6. The number of carbonyl (C=O) groups is 1. The van der Waals surface area contributed by atoms with Crippen LogP contribution in [0.5, 0.6) is 0 Å². The lowest BCUT2D eigenvalue weighted by molar-refractivity contribution is -0.151. The number of hydrogen-bond acceptors (Lipinski definition) is 3. The van der Waals surface area contributed by atoms with Gasteiger partial charge in [0, 0.05) is 19.7 Å². The molecule has 0 radical (unpaired) electrons. The number of nitrogens with zero attached hydrogens (tertiary/aromatic N) is 1. The van der Waals surface area contributed by atoms with E-state index in [1.54, 1.807) is 7.11 Å². The highest BCUT2D eigenvalue weighted by molar-refractivity contribution is 5.83. The van der Waals surface area contributed by atoms with Crippen LogP contribution in [0.4, 0.5) is 0 Å². The van der Waals surface area contributed by atoms with Gasteiger partial charge in [-0.25, -0.2) is 0 Å². The lowest BCUT2D eigenvalue weighted by Crippen LogP contribution is -2.53. The first-order valence-electron chi connectivity index (χ1n) is 9.21. The maximum atomic E-state index is 13.6. The summed E-state index contributed by atoms with van der Waals surface area (Å²) in [5, 5.41) is 3.38. The SMILES string of the molecule is COCC1(C(=O)N(Cc2ccccc2)C(C)C2CC2)CCNCC1. The third-order valence-electron chi connectivity index (χ3n) is 5.69. The monoisotopic (exact) mass is 330 g/mol. The minimum atomic E-state index is -0.363. The van der Waals surface area contributed by atoms with Gasteiger partial charge in [-0.05, 0) is 57.2 Å². The van der Waals surface area contributed by atoms with E-state index in [1.807, 2.05) is 6.07 Å². The molecule has 1 atom stereocenters. The number of piperidine rings is 1. The van der Waals surface area contributed by atoms with Crippen LogP contribution in [0.2, 0.25) is 0 Å². The Morgan fingerprint density at radius 2 is 1.96 bits per heavy atom. The van der Waals surface area contributed by atoms with E-state index in [2.05, 4.69) is 41.4 Å². The van der Waals surface area contributed by atoms with Gasteiger partial charge in [-0.3, -0.25) is 4.79 Å². The first-order valence-corrected chi connectivity index (χ1v) is 9.21. The molecule has 1 aliphatic carbocycles. The molecule has 1 aliphatic heterocycles. The summed E-state index contributed by atoms with van der Waals surface area (Å²) in [5.41, 5.74) is 0.845. The van der Waals surface area contributed by atoms with Crippen LogP contribution in [0.25, 0.3) is 0 Å². The fraction of sp³-hybridized carbons (Fsp3) is 0.650. The highest BCUT2D eigenvalue weighted by Gasteiger charge is 2.45. The highest BCUT2D eigenvalue weighted by Crippen LogP contribution is 2.39. The summed E-state index contributed by atoms with van der Waals surface area (Å²) in [6, 6.07) is 10.7. The molecule has 2 aliphatic rings. The summed E-state index contributed by atoms with van der Waals surface area (Å²) in [5.74, 6) is 0.952. The average molecular weight is 330 g/mol. The molecule has 0 spiro atoms. The van der Waals surface area contributed by atoms with Gasteiger partial charge in [-0.2, -0.15) is 0 Å². The second-order valence-corrected chi connectivity index (χ2v) is 7.46. The molecule has 132 valence electrons. The van der Waals surface area contributed by atoms with Crippen molar-refractivity contribution in [1.82, 2.24) is 10.2 Å². The van der Waals surface area contributed by atoms with Crippen molar-refractivity contribution in [2.45, 2.75) is 45.2 Å². The van der Waals surface area contributed by atoms with E-state index in [1.165, 1.54) is 18.4 Å². The number of ether oxygens (including phenoxy) is 1. The van der Waals surface area contributed by atoms with Crippen LogP contribution in [-0.4, -0.2) is 43.7 Å². The molecule has 1 amide bonds. The van der Waals surface area contributed by atoms with Crippen LogP contribution in [-0.2, 0) is 16.1 Å². The van der Waals surface area contributed by atoms with Gasteiger partial charge in [0.1, 0.15) is 0 Å². The van der Waals surface area contributed by atoms with Gasteiger partial charge in [0.25, 0.3) is 0 Å². The minimum Gasteiger partial charge on any atom is -0.384 e. The molecule has 1 aromatic rings. The molecule has 24 heavy (non-hydrogen) atoms. The van der Waals surface area contributed by atoms with E-state index in [-0.39, 0.29) is 11.3 Å². The molecule has 0 aromatic heterocycles. The largest absolute Gasteiger partial charge is 0.384 e. The van der Waals surface area contributed by atoms with Crippen molar-refractivity contribution in [3.8, 4) is 0 Å². The minimum absolute atomic E-state index is 0.286. The lowest BCUT2D eigenvalue weighted by Gasteiger charge is -2.42.